The quantitative estimate of drug-likeness (QED) is 0.765. The van der Waals surface area contributed by atoms with E-state index in [-0.39, 0.29) is 12.6 Å². The van der Waals surface area contributed by atoms with E-state index in [0.717, 1.165) is 28.8 Å². The standard InChI is InChI=1S/C16H21N3O2S/c1-3-4-13-9-18-16(22-13)19-15(21)17-10-14(20)12-7-5-11(2)6-8-12/h5-9,14,20H,3-4,10H2,1-2H3,(H2,17,18,19,21). The van der Waals surface area contributed by atoms with Crippen molar-refractivity contribution in [3.8, 4) is 0 Å². The van der Waals surface area contributed by atoms with Crippen LogP contribution in [0.5, 0.6) is 0 Å². The predicted molar refractivity (Wildman–Crippen MR) is 89.3 cm³/mol. The molecule has 0 spiro atoms. The van der Waals surface area contributed by atoms with Crippen LogP contribution in [0.1, 0.15) is 35.5 Å². The highest BCUT2D eigenvalue weighted by Crippen LogP contribution is 2.19. The molecule has 118 valence electrons. The Kier molecular flexibility index (Phi) is 5.91. The van der Waals surface area contributed by atoms with Crippen LogP contribution in [0.25, 0.3) is 0 Å². The summed E-state index contributed by atoms with van der Waals surface area (Å²) in [5.41, 5.74) is 1.92. The van der Waals surface area contributed by atoms with Gasteiger partial charge in [-0.15, -0.1) is 11.3 Å². The summed E-state index contributed by atoms with van der Waals surface area (Å²) in [5, 5.41) is 16.0. The van der Waals surface area contributed by atoms with E-state index in [1.54, 1.807) is 6.20 Å². The number of hydrogen-bond acceptors (Lipinski definition) is 4. The number of rotatable bonds is 6. The van der Waals surface area contributed by atoms with Gasteiger partial charge in [-0.3, -0.25) is 5.32 Å². The fourth-order valence-electron chi connectivity index (χ4n) is 1.96. The number of anilines is 1. The van der Waals surface area contributed by atoms with Crippen LogP contribution in [0.15, 0.2) is 30.5 Å². The second-order valence-corrected chi connectivity index (χ2v) is 6.26. The fraction of sp³-hybridized carbons (Fsp3) is 0.375. The molecule has 0 aliphatic heterocycles. The van der Waals surface area contributed by atoms with Gasteiger partial charge in [0.2, 0.25) is 0 Å². The molecule has 1 aromatic carbocycles. The molecule has 0 aliphatic carbocycles. The van der Waals surface area contributed by atoms with Gasteiger partial charge in [0.1, 0.15) is 0 Å². The van der Waals surface area contributed by atoms with Gasteiger partial charge in [0, 0.05) is 17.6 Å². The molecule has 6 heteroatoms. The van der Waals surface area contributed by atoms with Crippen LogP contribution < -0.4 is 10.6 Å². The van der Waals surface area contributed by atoms with E-state index in [9.17, 15) is 9.90 Å². The van der Waals surface area contributed by atoms with Crippen molar-refractivity contribution in [3.63, 3.8) is 0 Å². The second-order valence-electron chi connectivity index (χ2n) is 5.14. The molecule has 0 radical (unpaired) electrons. The van der Waals surface area contributed by atoms with Crippen LogP contribution in [0.3, 0.4) is 0 Å². The van der Waals surface area contributed by atoms with Gasteiger partial charge in [0.15, 0.2) is 5.13 Å². The Morgan fingerprint density at radius 1 is 1.36 bits per heavy atom. The second kappa shape index (κ2) is 7.91. The molecule has 0 aliphatic rings. The number of carbonyl (C=O) groups excluding carboxylic acids is 1. The maximum Gasteiger partial charge on any atom is 0.321 e. The van der Waals surface area contributed by atoms with Crippen LogP contribution in [0.4, 0.5) is 9.93 Å². The summed E-state index contributed by atoms with van der Waals surface area (Å²) < 4.78 is 0. The minimum absolute atomic E-state index is 0.155. The maximum atomic E-state index is 11.8. The van der Waals surface area contributed by atoms with Gasteiger partial charge in [-0.1, -0.05) is 43.2 Å². The van der Waals surface area contributed by atoms with Crippen molar-refractivity contribution in [1.82, 2.24) is 10.3 Å². The molecule has 0 bridgehead atoms. The SMILES string of the molecule is CCCc1cnc(NC(=O)NCC(O)c2ccc(C)cc2)s1. The molecule has 2 aromatic rings. The van der Waals surface area contributed by atoms with E-state index in [4.69, 9.17) is 0 Å². The maximum absolute atomic E-state index is 11.8. The molecule has 1 unspecified atom stereocenters. The third-order valence-electron chi connectivity index (χ3n) is 3.19. The van der Waals surface area contributed by atoms with Crippen molar-refractivity contribution < 1.29 is 9.90 Å². The van der Waals surface area contributed by atoms with Crippen LogP contribution in [-0.4, -0.2) is 22.7 Å². The first-order valence-corrected chi connectivity index (χ1v) is 8.14. The Hall–Kier alpha value is -1.92. The van der Waals surface area contributed by atoms with Gasteiger partial charge >= 0.3 is 6.03 Å². The van der Waals surface area contributed by atoms with Crippen molar-refractivity contribution in [1.29, 1.82) is 0 Å². The topological polar surface area (TPSA) is 74.2 Å². The van der Waals surface area contributed by atoms with E-state index in [0.29, 0.717) is 5.13 Å². The van der Waals surface area contributed by atoms with Gasteiger partial charge < -0.3 is 10.4 Å². The molecule has 2 rings (SSSR count). The van der Waals surface area contributed by atoms with Gasteiger partial charge in [-0.2, -0.15) is 0 Å². The van der Waals surface area contributed by atoms with Gasteiger partial charge in [0.05, 0.1) is 6.10 Å². The number of hydrogen-bond donors (Lipinski definition) is 3. The number of carbonyl (C=O) groups is 1. The highest BCUT2D eigenvalue weighted by Gasteiger charge is 2.10. The molecule has 3 N–H and O–H groups in total. The van der Waals surface area contributed by atoms with Crippen LogP contribution in [-0.2, 0) is 6.42 Å². The normalized spacial score (nSPS) is 12.0. The molecular formula is C16H21N3O2S. The van der Waals surface area contributed by atoms with Crippen LogP contribution >= 0.6 is 11.3 Å². The minimum Gasteiger partial charge on any atom is -0.387 e. The van der Waals surface area contributed by atoms with Crippen LogP contribution in [0.2, 0.25) is 0 Å². The summed E-state index contributed by atoms with van der Waals surface area (Å²) in [5.74, 6) is 0. The summed E-state index contributed by atoms with van der Waals surface area (Å²) in [6.45, 7) is 4.25. The molecular weight excluding hydrogens is 298 g/mol. The molecule has 1 aromatic heterocycles. The number of nitrogens with one attached hydrogen (secondary N) is 2. The lowest BCUT2D eigenvalue weighted by Gasteiger charge is -2.12. The highest BCUT2D eigenvalue weighted by atomic mass is 32.1. The number of aliphatic hydroxyl groups excluding tert-OH is 1. The predicted octanol–water partition coefficient (Wildman–Crippen LogP) is 3.26. The minimum atomic E-state index is -0.724. The summed E-state index contributed by atoms with van der Waals surface area (Å²) >= 11 is 1.47. The van der Waals surface area contributed by atoms with Gasteiger partial charge in [-0.05, 0) is 18.9 Å². The zero-order valence-corrected chi connectivity index (χ0v) is 13.6. The monoisotopic (exact) mass is 319 g/mol. The molecule has 0 saturated heterocycles. The first kappa shape index (κ1) is 16.5. The number of thiazole rings is 1. The largest absolute Gasteiger partial charge is 0.387 e. The number of aliphatic hydroxyl groups is 1. The summed E-state index contributed by atoms with van der Waals surface area (Å²) in [6.07, 6.45) is 3.08. The van der Waals surface area contributed by atoms with E-state index in [1.165, 1.54) is 11.3 Å². The Balaban J connectivity index is 1.80. The first-order chi connectivity index (χ1) is 10.6. The third-order valence-corrected chi connectivity index (χ3v) is 4.16. The molecule has 5 nitrogen and oxygen atoms in total. The first-order valence-electron chi connectivity index (χ1n) is 7.32. The molecule has 0 fully saturated rings. The van der Waals surface area contributed by atoms with E-state index in [1.807, 2.05) is 31.2 Å². The fourth-order valence-corrected chi connectivity index (χ4v) is 2.87. The molecule has 1 heterocycles. The lowest BCUT2D eigenvalue weighted by atomic mass is 10.1. The molecule has 2 amide bonds. The van der Waals surface area contributed by atoms with E-state index < -0.39 is 6.10 Å². The van der Waals surface area contributed by atoms with E-state index in [2.05, 4.69) is 22.5 Å². The zero-order chi connectivity index (χ0) is 15.9. The average molecular weight is 319 g/mol. The smallest absolute Gasteiger partial charge is 0.321 e. The summed E-state index contributed by atoms with van der Waals surface area (Å²) in [7, 11) is 0. The molecule has 1 atom stereocenters. The Bertz CT molecular complexity index is 610. The zero-order valence-electron chi connectivity index (χ0n) is 12.8. The Morgan fingerprint density at radius 3 is 2.77 bits per heavy atom. The molecule has 0 saturated carbocycles. The Labute approximate surface area is 134 Å². The summed E-state index contributed by atoms with van der Waals surface area (Å²) in [4.78, 5) is 17.1. The number of benzene rings is 1. The number of nitrogens with zero attached hydrogens (tertiary/aromatic N) is 1. The average Bonchev–Trinajstić information content (AvgIpc) is 2.93. The van der Waals surface area contributed by atoms with Crippen molar-refractivity contribution in [2.75, 3.05) is 11.9 Å². The number of urea groups is 1. The lowest BCUT2D eigenvalue weighted by molar-refractivity contribution is 0.175. The van der Waals surface area contributed by atoms with E-state index >= 15 is 0 Å². The number of amides is 2. The lowest BCUT2D eigenvalue weighted by Crippen LogP contribution is -2.32. The third kappa shape index (κ3) is 4.82. The van der Waals surface area contributed by atoms with Gasteiger partial charge in [0.25, 0.3) is 0 Å². The number of aryl methyl sites for hydroxylation is 2. The van der Waals surface area contributed by atoms with Crippen molar-refractivity contribution in [2.45, 2.75) is 32.8 Å². The Morgan fingerprint density at radius 2 is 2.09 bits per heavy atom. The number of aromatic nitrogens is 1. The molecule has 22 heavy (non-hydrogen) atoms. The summed E-state index contributed by atoms with van der Waals surface area (Å²) in [6, 6.07) is 7.23. The van der Waals surface area contributed by atoms with Gasteiger partial charge in [-0.25, -0.2) is 9.78 Å². The highest BCUT2D eigenvalue weighted by molar-refractivity contribution is 7.15. The van der Waals surface area contributed by atoms with Crippen molar-refractivity contribution in [3.05, 3.63) is 46.5 Å². The van der Waals surface area contributed by atoms with Crippen molar-refractivity contribution >= 4 is 22.5 Å². The van der Waals surface area contributed by atoms with Crippen LogP contribution in [0, 0.1) is 6.92 Å². The van der Waals surface area contributed by atoms with Crippen molar-refractivity contribution in [2.24, 2.45) is 0 Å².